The molecule has 1 fully saturated rings. The number of aliphatic hydroxyl groups is 2. The van der Waals surface area contributed by atoms with Crippen LogP contribution in [0.2, 0.25) is 0 Å². The standard InChI is InChI=1S/C44H78N16O15/c1-20(2)17-26(56-38(70)28(19-61)58-35(67)24(12-13-31(64)65)54-39(71)32(46)22(5)62)37(69)59-33(21(3)4)40(72)57-27(18-30(45)63)36(68)53-23(9-6-14-51-43(47)48)34(66)55-25(10-7-15-52-44(49)50)41(73)60-16-8-11-29(60)42(74)75/h20-29,32-33,61-62H,6-19,46H2,1-5H3,(H2,45,63)(H,53,68)(H,54,71)(H,55,66)(H,56,70)(H,57,72)(H,58,67)(H,59,69)(H,64,65)(H,74,75)(H4,47,48,51)(H4,49,50,52)/t22-,23+,24+,25+,26+,27+,28+,29+,32+,33+/m1/s1. The number of carbonyl (C=O) groups is 11. The van der Waals surface area contributed by atoms with Gasteiger partial charge in [-0.1, -0.05) is 27.7 Å². The van der Waals surface area contributed by atoms with Crippen molar-refractivity contribution in [3.63, 3.8) is 0 Å². The molecule has 424 valence electrons. The molecule has 1 rings (SSSR count). The molecule has 0 aliphatic carbocycles. The molecule has 75 heavy (non-hydrogen) atoms. The maximum absolute atomic E-state index is 14.1. The summed E-state index contributed by atoms with van der Waals surface area (Å²) in [6.07, 6.45) is -2.87. The molecule has 31 nitrogen and oxygen atoms in total. The number of carboxylic acids is 2. The third kappa shape index (κ3) is 24.0. The van der Waals surface area contributed by atoms with E-state index in [1.165, 1.54) is 20.8 Å². The summed E-state index contributed by atoms with van der Waals surface area (Å²) in [5.41, 5.74) is 32.9. The number of aliphatic hydroxyl groups excluding tert-OH is 2. The first kappa shape index (κ1) is 65.6. The minimum Gasteiger partial charge on any atom is -0.481 e. The largest absolute Gasteiger partial charge is 0.481 e. The molecule has 10 atom stereocenters. The third-order valence-corrected chi connectivity index (χ3v) is 11.5. The van der Waals surface area contributed by atoms with Crippen molar-refractivity contribution >= 4 is 77.0 Å². The Morgan fingerprint density at radius 1 is 0.600 bits per heavy atom. The lowest BCUT2D eigenvalue weighted by Gasteiger charge is -2.30. The van der Waals surface area contributed by atoms with Gasteiger partial charge in [-0.2, -0.15) is 0 Å². The van der Waals surface area contributed by atoms with Gasteiger partial charge in [0.1, 0.15) is 54.4 Å². The fourth-order valence-corrected chi connectivity index (χ4v) is 7.49. The van der Waals surface area contributed by atoms with Crippen LogP contribution in [0.4, 0.5) is 0 Å². The smallest absolute Gasteiger partial charge is 0.326 e. The lowest BCUT2D eigenvalue weighted by Crippen LogP contribution is -2.62. The summed E-state index contributed by atoms with van der Waals surface area (Å²) in [6, 6.07) is -13.6. The summed E-state index contributed by atoms with van der Waals surface area (Å²) >= 11 is 0. The number of aliphatic carboxylic acids is 2. The summed E-state index contributed by atoms with van der Waals surface area (Å²) in [7, 11) is 0. The van der Waals surface area contributed by atoms with Gasteiger partial charge in [0.05, 0.1) is 19.1 Å². The van der Waals surface area contributed by atoms with E-state index in [1.54, 1.807) is 13.8 Å². The van der Waals surface area contributed by atoms with Crippen LogP contribution in [0.5, 0.6) is 0 Å². The first-order valence-electron chi connectivity index (χ1n) is 24.3. The molecule has 0 saturated carbocycles. The molecule has 0 radical (unpaired) electrons. The van der Waals surface area contributed by atoms with E-state index in [2.05, 4.69) is 47.2 Å². The molecule has 0 aromatic carbocycles. The number of nitrogens with zero attached hydrogens (tertiary/aromatic N) is 3. The van der Waals surface area contributed by atoms with E-state index in [4.69, 9.17) is 34.4 Å². The van der Waals surface area contributed by atoms with Crippen LogP contribution in [0.3, 0.4) is 0 Å². The Morgan fingerprint density at radius 2 is 1.05 bits per heavy atom. The second-order valence-corrected chi connectivity index (χ2v) is 18.7. The van der Waals surface area contributed by atoms with Crippen molar-refractivity contribution in [3.05, 3.63) is 0 Å². The highest BCUT2D eigenvalue weighted by Crippen LogP contribution is 2.20. The average molecular weight is 1070 g/mol. The van der Waals surface area contributed by atoms with Crippen molar-refractivity contribution < 1.29 is 73.2 Å². The average Bonchev–Trinajstić information content (AvgIpc) is 3.82. The molecule has 1 aliphatic rings. The zero-order chi connectivity index (χ0) is 57.3. The fourth-order valence-electron chi connectivity index (χ4n) is 7.49. The van der Waals surface area contributed by atoms with Gasteiger partial charge < -0.3 is 96.9 Å². The Bertz CT molecular complexity index is 2060. The van der Waals surface area contributed by atoms with Gasteiger partial charge in [0, 0.05) is 26.1 Å². The van der Waals surface area contributed by atoms with Crippen molar-refractivity contribution in [3.8, 4) is 0 Å². The summed E-state index contributed by atoms with van der Waals surface area (Å²) < 4.78 is 0. The second-order valence-electron chi connectivity index (χ2n) is 18.7. The minimum absolute atomic E-state index is 0.0302. The molecular weight excluding hydrogens is 993 g/mol. The predicted molar refractivity (Wildman–Crippen MR) is 267 cm³/mol. The van der Waals surface area contributed by atoms with E-state index < -0.39 is 157 Å². The third-order valence-electron chi connectivity index (χ3n) is 11.5. The Balaban J connectivity index is 3.46. The number of aliphatic imine (C=N–C) groups is 2. The fraction of sp³-hybridized carbons (Fsp3) is 0.705. The van der Waals surface area contributed by atoms with Gasteiger partial charge >= 0.3 is 11.9 Å². The molecule has 0 aromatic rings. The van der Waals surface area contributed by atoms with Crippen LogP contribution in [0.15, 0.2) is 9.98 Å². The highest BCUT2D eigenvalue weighted by Gasteiger charge is 2.40. The normalized spacial score (nSPS) is 16.7. The first-order valence-corrected chi connectivity index (χ1v) is 24.3. The molecule has 23 N–H and O–H groups in total. The molecule has 1 heterocycles. The number of hydrogen-bond donors (Lipinski definition) is 17. The van der Waals surface area contributed by atoms with Crippen LogP contribution < -0.4 is 71.6 Å². The maximum atomic E-state index is 14.1. The van der Waals surface area contributed by atoms with Crippen LogP contribution in [0.25, 0.3) is 0 Å². The van der Waals surface area contributed by atoms with Gasteiger partial charge in [0.25, 0.3) is 0 Å². The highest BCUT2D eigenvalue weighted by atomic mass is 16.4. The Labute approximate surface area is 433 Å². The topological polar surface area (TPSA) is 537 Å². The van der Waals surface area contributed by atoms with E-state index in [0.29, 0.717) is 6.42 Å². The Kier molecular flexibility index (Phi) is 28.6. The Hall–Kier alpha value is -7.41. The van der Waals surface area contributed by atoms with Crippen molar-refractivity contribution in [2.75, 3.05) is 26.2 Å². The van der Waals surface area contributed by atoms with Crippen LogP contribution in [0.1, 0.15) is 98.8 Å². The number of hydrogen-bond acceptors (Lipinski definition) is 16. The number of carboxylic acid groups (broad SMARTS) is 2. The molecule has 0 bridgehead atoms. The maximum Gasteiger partial charge on any atom is 0.326 e. The summed E-state index contributed by atoms with van der Waals surface area (Å²) in [6.45, 7) is 6.66. The summed E-state index contributed by atoms with van der Waals surface area (Å²) in [5.74, 6) is -13.2. The number of nitrogens with two attached hydrogens (primary N) is 6. The van der Waals surface area contributed by atoms with E-state index in [1.807, 2.05) is 0 Å². The van der Waals surface area contributed by atoms with Gasteiger partial charge in [0.15, 0.2) is 11.9 Å². The zero-order valence-corrected chi connectivity index (χ0v) is 42.9. The SMILES string of the molecule is CC(C)C[C@H](NC(=O)[C@H](CO)NC(=O)[C@H](CCC(=O)O)NC(=O)[C@@H](N)[C@@H](C)O)C(=O)N[C@H](C(=O)N[C@@H](CC(N)=O)C(=O)N[C@@H](CCCN=C(N)N)C(=O)N[C@@H](CCCN=C(N)N)C(=O)N1CCC[C@H]1C(=O)O)C(C)C. The summed E-state index contributed by atoms with van der Waals surface area (Å²) in [4.78, 5) is 154. The van der Waals surface area contributed by atoms with Crippen molar-refractivity contribution in [1.82, 2.24) is 42.1 Å². The van der Waals surface area contributed by atoms with E-state index in [-0.39, 0.29) is 76.0 Å². The van der Waals surface area contributed by atoms with Crippen LogP contribution in [0, 0.1) is 11.8 Å². The minimum atomic E-state index is -1.79. The molecule has 1 saturated heterocycles. The molecule has 0 aromatic heterocycles. The van der Waals surface area contributed by atoms with Crippen molar-refractivity contribution in [2.24, 2.45) is 56.2 Å². The predicted octanol–water partition coefficient (Wildman–Crippen LogP) is -7.29. The van der Waals surface area contributed by atoms with Gasteiger partial charge in [0.2, 0.25) is 53.2 Å². The first-order chi connectivity index (χ1) is 35.0. The highest BCUT2D eigenvalue weighted by molar-refractivity contribution is 5.99. The van der Waals surface area contributed by atoms with Gasteiger partial charge in [-0.3, -0.25) is 57.9 Å². The van der Waals surface area contributed by atoms with E-state index in [0.717, 1.165) is 4.90 Å². The number of carbonyl (C=O) groups excluding carboxylic acids is 9. The van der Waals surface area contributed by atoms with Gasteiger partial charge in [-0.25, -0.2) is 4.79 Å². The number of likely N-dealkylation sites (tertiary alicyclic amines) is 1. The molecule has 0 unspecified atom stereocenters. The Morgan fingerprint density at radius 3 is 1.53 bits per heavy atom. The molecule has 9 amide bonds. The van der Waals surface area contributed by atoms with Crippen molar-refractivity contribution in [2.45, 2.75) is 159 Å². The van der Waals surface area contributed by atoms with Gasteiger partial charge in [-0.15, -0.1) is 0 Å². The van der Waals surface area contributed by atoms with E-state index in [9.17, 15) is 73.2 Å². The monoisotopic (exact) mass is 1070 g/mol. The number of guanidine groups is 2. The lowest BCUT2D eigenvalue weighted by atomic mass is 9.99. The lowest BCUT2D eigenvalue weighted by molar-refractivity contribution is -0.149. The van der Waals surface area contributed by atoms with Gasteiger partial charge in [-0.05, 0) is 70.1 Å². The zero-order valence-electron chi connectivity index (χ0n) is 42.9. The molecular formula is C44H78N16O15. The van der Waals surface area contributed by atoms with Crippen LogP contribution in [-0.2, 0) is 52.7 Å². The summed E-state index contributed by atoms with van der Waals surface area (Å²) in [5, 5.41) is 55.6. The van der Waals surface area contributed by atoms with E-state index >= 15 is 0 Å². The second kappa shape index (κ2) is 32.7. The number of amides is 9. The van der Waals surface area contributed by atoms with Crippen LogP contribution >= 0.6 is 0 Å². The number of rotatable bonds is 34. The van der Waals surface area contributed by atoms with Crippen molar-refractivity contribution in [1.29, 1.82) is 0 Å². The number of primary amides is 1. The molecule has 1 aliphatic heterocycles. The van der Waals surface area contributed by atoms with Crippen LogP contribution in [-0.4, -0.2) is 189 Å². The quantitative estimate of drug-likeness (QED) is 0.0162. The number of nitrogens with one attached hydrogen (secondary N) is 7. The molecule has 31 heteroatoms. The molecule has 0 spiro atoms.